The van der Waals surface area contributed by atoms with Crippen molar-refractivity contribution in [1.29, 1.82) is 0 Å². The smallest absolute Gasteiger partial charge is 0.241 e. The van der Waals surface area contributed by atoms with Crippen molar-refractivity contribution >= 4 is 5.91 Å². The molecule has 0 aromatic rings. The van der Waals surface area contributed by atoms with Crippen LogP contribution < -0.4 is 5.32 Å². The lowest BCUT2D eigenvalue weighted by Crippen LogP contribution is -2.49. The molecule has 1 fully saturated rings. The van der Waals surface area contributed by atoms with Crippen molar-refractivity contribution in [2.24, 2.45) is 5.92 Å². The number of hydrogen-bond donors (Lipinski definition) is 1. The van der Waals surface area contributed by atoms with Crippen LogP contribution in [0.25, 0.3) is 0 Å². The normalized spacial score (nSPS) is 27.3. The molecule has 1 saturated heterocycles. The van der Waals surface area contributed by atoms with Crippen LogP contribution in [0.1, 0.15) is 34.1 Å². The molecule has 0 saturated carbocycles. The number of hydrogen-bond acceptors (Lipinski definition) is 3. The minimum Gasteiger partial charge on any atom is -0.322 e. The molecule has 3 unspecified atom stereocenters. The molecule has 4 nitrogen and oxygen atoms in total. The van der Waals surface area contributed by atoms with Gasteiger partial charge in [0, 0.05) is 12.6 Å². The maximum absolute atomic E-state index is 12.3. The first-order valence-electron chi connectivity index (χ1n) is 6.61. The number of amides is 1. The summed E-state index contributed by atoms with van der Waals surface area (Å²) in [4.78, 5) is 16.5. The fourth-order valence-corrected chi connectivity index (χ4v) is 2.59. The zero-order chi connectivity index (χ0) is 13.2. The third-order valence-corrected chi connectivity index (χ3v) is 3.37. The van der Waals surface area contributed by atoms with Gasteiger partial charge in [0.1, 0.15) is 0 Å². The maximum Gasteiger partial charge on any atom is 0.241 e. The van der Waals surface area contributed by atoms with Crippen LogP contribution in [0.2, 0.25) is 0 Å². The Hall–Kier alpha value is -0.610. The molecule has 0 spiro atoms. The fraction of sp³-hybridized carbons (Fsp3) is 0.923. The highest BCUT2D eigenvalue weighted by atomic mass is 16.2. The number of nitrogens with one attached hydrogen (secondary N) is 1. The molecule has 4 heteroatoms. The van der Waals surface area contributed by atoms with Crippen molar-refractivity contribution in [2.45, 2.75) is 52.4 Å². The van der Waals surface area contributed by atoms with E-state index in [1.807, 2.05) is 19.0 Å². The van der Waals surface area contributed by atoms with Gasteiger partial charge >= 0.3 is 0 Å². The minimum absolute atomic E-state index is 0.00649. The molecule has 0 aliphatic carbocycles. The molecule has 1 amide bonds. The van der Waals surface area contributed by atoms with Crippen LogP contribution in [0.5, 0.6) is 0 Å². The molecule has 0 radical (unpaired) electrons. The summed E-state index contributed by atoms with van der Waals surface area (Å²) in [6, 6.07) is 0.265. The van der Waals surface area contributed by atoms with Crippen LogP contribution in [0.3, 0.4) is 0 Å². The van der Waals surface area contributed by atoms with E-state index in [9.17, 15) is 4.79 Å². The van der Waals surface area contributed by atoms with Gasteiger partial charge in [0.05, 0.1) is 12.2 Å². The molecule has 1 rings (SSSR count). The fourth-order valence-electron chi connectivity index (χ4n) is 2.59. The van der Waals surface area contributed by atoms with E-state index < -0.39 is 0 Å². The SMILES string of the molecule is CCC1NC(C(C)C)N(C(C)CN(C)C)C1=O. The molecule has 1 aliphatic rings. The topological polar surface area (TPSA) is 35.6 Å². The number of rotatable bonds is 5. The maximum atomic E-state index is 12.3. The second kappa shape index (κ2) is 5.83. The van der Waals surface area contributed by atoms with E-state index in [-0.39, 0.29) is 24.2 Å². The molecule has 100 valence electrons. The van der Waals surface area contributed by atoms with E-state index in [2.05, 4.69) is 37.9 Å². The second-order valence-electron chi connectivity index (χ2n) is 5.67. The Morgan fingerprint density at radius 3 is 2.35 bits per heavy atom. The van der Waals surface area contributed by atoms with Gasteiger partial charge in [-0.25, -0.2) is 0 Å². The van der Waals surface area contributed by atoms with Crippen LogP contribution >= 0.6 is 0 Å². The molecule has 1 aliphatic heterocycles. The minimum atomic E-state index is 0.00649. The van der Waals surface area contributed by atoms with Gasteiger partial charge in [-0.3, -0.25) is 10.1 Å². The van der Waals surface area contributed by atoms with E-state index in [1.54, 1.807) is 0 Å². The Bertz CT molecular complexity index is 265. The zero-order valence-corrected chi connectivity index (χ0v) is 12.0. The van der Waals surface area contributed by atoms with Gasteiger partial charge < -0.3 is 9.80 Å². The van der Waals surface area contributed by atoms with Crippen LogP contribution in [0.15, 0.2) is 0 Å². The molecule has 3 atom stereocenters. The average molecular weight is 241 g/mol. The molecule has 17 heavy (non-hydrogen) atoms. The average Bonchev–Trinajstić information content (AvgIpc) is 2.54. The first kappa shape index (κ1) is 14.5. The zero-order valence-electron chi connectivity index (χ0n) is 12.0. The summed E-state index contributed by atoms with van der Waals surface area (Å²) >= 11 is 0. The summed E-state index contributed by atoms with van der Waals surface area (Å²) in [5, 5.41) is 3.45. The molecule has 0 aromatic carbocycles. The van der Waals surface area contributed by atoms with Crippen molar-refractivity contribution < 1.29 is 4.79 Å². The third kappa shape index (κ3) is 3.19. The summed E-state index contributed by atoms with van der Waals surface area (Å²) in [6.07, 6.45) is 1.05. The van der Waals surface area contributed by atoms with E-state index in [0.29, 0.717) is 5.92 Å². The summed E-state index contributed by atoms with van der Waals surface area (Å²) in [7, 11) is 4.10. The molecule has 0 bridgehead atoms. The van der Waals surface area contributed by atoms with Gasteiger partial charge in [-0.15, -0.1) is 0 Å². The first-order chi connectivity index (χ1) is 7.88. The third-order valence-electron chi connectivity index (χ3n) is 3.37. The lowest BCUT2D eigenvalue weighted by molar-refractivity contribution is -0.132. The number of likely N-dealkylation sites (N-methyl/N-ethyl adjacent to an activating group) is 1. The van der Waals surface area contributed by atoms with E-state index in [4.69, 9.17) is 0 Å². The Labute approximate surface area is 105 Å². The second-order valence-corrected chi connectivity index (χ2v) is 5.67. The summed E-state index contributed by atoms with van der Waals surface area (Å²) < 4.78 is 0. The predicted octanol–water partition coefficient (Wildman–Crippen LogP) is 1.13. The highest BCUT2D eigenvalue weighted by Crippen LogP contribution is 2.22. The van der Waals surface area contributed by atoms with Crippen molar-refractivity contribution in [3.63, 3.8) is 0 Å². The highest BCUT2D eigenvalue weighted by molar-refractivity contribution is 5.84. The Balaban J connectivity index is 2.81. The van der Waals surface area contributed by atoms with Gasteiger partial charge in [0.25, 0.3) is 0 Å². The lowest BCUT2D eigenvalue weighted by Gasteiger charge is -2.34. The number of carbonyl (C=O) groups excluding carboxylic acids is 1. The van der Waals surface area contributed by atoms with Gasteiger partial charge in [-0.1, -0.05) is 20.8 Å². The summed E-state index contributed by atoms with van der Waals surface area (Å²) in [6.45, 7) is 9.43. The van der Waals surface area contributed by atoms with Crippen molar-refractivity contribution in [2.75, 3.05) is 20.6 Å². The lowest BCUT2D eigenvalue weighted by atomic mass is 10.1. The van der Waals surface area contributed by atoms with Crippen molar-refractivity contribution in [3.8, 4) is 0 Å². The Kier molecular flexibility index (Phi) is 4.95. The van der Waals surface area contributed by atoms with E-state index in [1.165, 1.54) is 0 Å². The van der Waals surface area contributed by atoms with Crippen LogP contribution in [0, 0.1) is 5.92 Å². The Morgan fingerprint density at radius 1 is 1.35 bits per heavy atom. The van der Waals surface area contributed by atoms with Crippen LogP contribution in [-0.2, 0) is 4.79 Å². The molecule has 1 N–H and O–H groups in total. The van der Waals surface area contributed by atoms with E-state index >= 15 is 0 Å². The van der Waals surface area contributed by atoms with Gasteiger partial charge in [0.15, 0.2) is 0 Å². The number of carbonyl (C=O) groups is 1. The van der Waals surface area contributed by atoms with Gasteiger partial charge in [-0.2, -0.15) is 0 Å². The Morgan fingerprint density at radius 2 is 1.94 bits per heavy atom. The summed E-state index contributed by atoms with van der Waals surface area (Å²) in [5.41, 5.74) is 0. The molecule has 1 heterocycles. The van der Waals surface area contributed by atoms with Crippen LogP contribution in [0.4, 0.5) is 0 Å². The standard InChI is InChI=1S/C13H27N3O/c1-7-11-13(17)16(10(4)8-15(5)6)12(14-11)9(2)3/h9-12,14H,7-8H2,1-6H3. The van der Waals surface area contributed by atoms with Crippen LogP contribution in [-0.4, -0.2) is 54.6 Å². The quantitative estimate of drug-likeness (QED) is 0.784. The van der Waals surface area contributed by atoms with Crippen molar-refractivity contribution in [1.82, 2.24) is 15.1 Å². The predicted molar refractivity (Wildman–Crippen MR) is 70.7 cm³/mol. The largest absolute Gasteiger partial charge is 0.322 e. The summed E-state index contributed by atoms with van der Waals surface area (Å²) in [5.74, 6) is 0.709. The number of nitrogens with zero attached hydrogens (tertiary/aromatic N) is 2. The van der Waals surface area contributed by atoms with Crippen molar-refractivity contribution in [3.05, 3.63) is 0 Å². The van der Waals surface area contributed by atoms with E-state index in [0.717, 1.165) is 13.0 Å². The van der Waals surface area contributed by atoms with Gasteiger partial charge in [0.2, 0.25) is 5.91 Å². The first-order valence-corrected chi connectivity index (χ1v) is 6.61. The molecular weight excluding hydrogens is 214 g/mol. The molecule has 0 aromatic heterocycles. The van der Waals surface area contributed by atoms with Gasteiger partial charge in [-0.05, 0) is 33.4 Å². The highest BCUT2D eigenvalue weighted by Gasteiger charge is 2.41. The monoisotopic (exact) mass is 241 g/mol. The molecular formula is C13H27N3O.